The van der Waals surface area contributed by atoms with Gasteiger partial charge in [-0.2, -0.15) is 0 Å². The zero-order valence-corrected chi connectivity index (χ0v) is 8.75. The summed E-state index contributed by atoms with van der Waals surface area (Å²) in [4.78, 5) is 10.6. The van der Waals surface area contributed by atoms with E-state index < -0.39 is 17.7 Å². The Morgan fingerprint density at radius 1 is 1.60 bits per heavy atom. The van der Waals surface area contributed by atoms with Crippen molar-refractivity contribution in [2.45, 2.75) is 13.3 Å². The number of halogens is 2. The second-order valence-corrected chi connectivity index (χ2v) is 3.71. The van der Waals surface area contributed by atoms with Crippen LogP contribution in [0.15, 0.2) is 12.1 Å². The molecule has 0 saturated heterocycles. The van der Waals surface area contributed by atoms with Crippen LogP contribution < -0.4 is 0 Å². The fourth-order valence-corrected chi connectivity index (χ4v) is 1.35. The van der Waals surface area contributed by atoms with E-state index in [1.165, 1.54) is 19.1 Å². The molecule has 1 unspecified atom stereocenters. The van der Waals surface area contributed by atoms with E-state index in [2.05, 4.69) is 0 Å². The van der Waals surface area contributed by atoms with Crippen LogP contribution in [0.25, 0.3) is 0 Å². The summed E-state index contributed by atoms with van der Waals surface area (Å²) in [6.45, 7) is 1.43. The summed E-state index contributed by atoms with van der Waals surface area (Å²) >= 11 is 5.52. The fraction of sp³-hybridized carbons (Fsp3) is 0.300. The van der Waals surface area contributed by atoms with Crippen molar-refractivity contribution in [3.8, 4) is 5.75 Å². The number of phenols is 1. The van der Waals surface area contributed by atoms with E-state index in [0.717, 1.165) is 0 Å². The molecule has 0 bridgehead atoms. The van der Waals surface area contributed by atoms with E-state index in [1.54, 1.807) is 0 Å². The fourth-order valence-electron chi connectivity index (χ4n) is 1.17. The number of rotatable bonds is 3. The van der Waals surface area contributed by atoms with Crippen molar-refractivity contribution in [3.05, 3.63) is 28.5 Å². The van der Waals surface area contributed by atoms with Gasteiger partial charge in [0.25, 0.3) is 0 Å². The van der Waals surface area contributed by atoms with Crippen LogP contribution in [0.1, 0.15) is 12.5 Å². The Kier molecular flexibility index (Phi) is 3.52. The minimum atomic E-state index is -1.05. The summed E-state index contributed by atoms with van der Waals surface area (Å²) in [7, 11) is 0. The van der Waals surface area contributed by atoms with E-state index in [0.29, 0.717) is 0 Å². The molecule has 0 radical (unpaired) electrons. The van der Waals surface area contributed by atoms with Gasteiger partial charge in [0.05, 0.1) is 10.9 Å². The van der Waals surface area contributed by atoms with Gasteiger partial charge in [0.1, 0.15) is 11.6 Å². The molecular formula is C10H10ClFO3. The minimum Gasteiger partial charge on any atom is -0.508 e. The van der Waals surface area contributed by atoms with Gasteiger partial charge < -0.3 is 10.2 Å². The molecule has 0 saturated carbocycles. The number of aromatic hydroxyl groups is 1. The van der Waals surface area contributed by atoms with Crippen LogP contribution >= 0.6 is 11.6 Å². The van der Waals surface area contributed by atoms with Gasteiger partial charge in [0, 0.05) is 5.56 Å². The van der Waals surface area contributed by atoms with Crippen LogP contribution in [0, 0.1) is 11.7 Å². The number of benzene rings is 1. The normalized spacial score (nSPS) is 12.5. The van der Waals surface area contributed by atoms with E-state index in [1.807, 2.05) is 0 Å². The first-order chi connectivity index (χ1) is 6.93. The Hall–Kier alpha value is -1.29. The summed E-state index contributed by atoms with van der Waals surface area (Å²) in [5, 5.41) is 17.9. The van der Waals surface area contributed by atoms with E-state index >= 15 is 0 Å². The van der Waals surface area contributed by atoms with Crippen LogP contribution in [0.4, 0.5) is 4.39 Å². The number of aliphatic carboxylic acids is 1. The van der Waals surface area contributed by atoms with Crippen molar-refractivity contribution in [2.24, 2.45) is 5.92 Å². The molecule has 1 aromatic carbocycles. The molecule has 0 aliphatic carbocycles. The largest absolute Gasteiger partial charge is 0.508 e. The van der Waals surface area contributed by atoms with Crippen molar-refractivity contribution in [1.82, 2.24) is 0 Å². The third kappa shape index (κ3) is 2.59. The van der Waals surface area contributed by atoms with Gasteiger partial charge >= 0.3 is 5.97 Å². The van der Waals surface area contributed by atoms with Crippen LogP contribution in [0.2, 0.25) is 5.02 Å². The molecule has 0 heterocycles. The summed E-state index contributed by atoms with van der Waals surface area (Å²) in [6.07, 6.45) is -0.0897. The standard InChI is InChI=1S/C10H10ClFO3/c1-5(10(14)15)4-6-8(13)3-2-7(11)9(6)12/h2-3,5,13H,4H2,1H3,(H,14,15). The molecule has 3 nitrogen and oxygen atoms in total. The van der Waals surface area contributed by atoms with Crippen molar-refractivity contribution >= 4 is 17.6 Å². The van der Waals surface area contributed by atoms with Crippen molar-refractivity contribution in [3.63, 3.8) is 0 Å². The molecule has 0 aliphatic heterocycles. The molecule has 1 rings (SSSR count). The summed E-state index contributed by atoms with van der Waals surface area (Å²) in [5.41, 5.74) is -0.0580. The van der Waals surface area contributed by atoms with E-state index in [-0.39, 0.29) is 22.8 Å². The number of hydrogen-bond acceptors (Lipinski definition) is 2. The van der Waals surface area contributed by atoms with Gasteiger partial charge in [-0.15, -0.1) is 0 Å². The van der Waals surface area contributed by atoms with Gasteiger partial charge in [-0.3, -0.25) is 4.79 Å². The summed E-state index contributed by atoms with van der Waals surface area (Å²) in [6, 6.07) is 2.47. The number of carboxylic acid groups (broad SMARTS) is 1. The lowest BCUT2D eigenvalue weighted by Crippen LogP contribution is -2.13. The van der Waals surface area contributed by atoms with Gasteiger partial charge in [0.15, 0.2) is 0 Å². The Labute approximate surface area is 91.1 Å². The highest BCUT2D eigenvalue weighted by Crippen LogP contribution is 2.28. The molecular weight excluding hydrogens is 223 g/mol. The van der Waals surface area contributed by atoms with Crippen molar-refractivity contribution < 1.29 is 19.4 Å². The third-order valence-electron chi connectivity index (χ3n) is 2.10. The van der Waals surface area contributed by atoms with E-state index in [4.69, 9.17) is 16.7 Å². The third-order valence-corrected chi connectivity index (χ3v) is 2.40. The monoisotopic (exact) mass is 232 g/mol. The number of carbonyl (C=O) groups is 1. The maximum Gasteiger partial charge on any atom is 0.306 e. The van der Waals surface area contributed by atoms with Crippen LogP contribution in [-0.4, -0.2) is 16.2 Å². The van der Waals surface area contributed by atoms with Crippen molar-refractivity contribution in [1.29, 1.82) is 0 Å². The lowest BCUT2D eigenvalue weighted by Gasteiger charge is -2.09. The van der Waals surface area contributed by atoms with Gasteiger partial charge in [-0.05, 0) is 18.6 Å². The Bertz CT molecular complexity index is 392. The number of phenolic OH excluding ortho intramolecular Hbond substituents is 1. The van der Waals surface area contributed by atoms with Gasteiger partial charge in [-0.25, -0.2) is 4.39 Å². The maximum atomic E-state index is 13.4. The first-order valence-electron chi connectivity index (χ1n) is 4.32. The summed E-state index contributed by atoms with van der Waals surface area (Å²) < 4.78 is 13.4. The number of hydrogen-bond donors (Lipinski definition) is 2. The molecule has 0 aliphatic rings. The molecule has 0 fully saturated rings. The minimum absolute atomic E-state index is 0.0580. The lowest BCUT2D eigenvalue weighted by atomic mass is 10.00. The highest BCUT2D eigenvalue weighted by molar-refractivity contribution is 6.30. The highest BCUT2D eigenvalue weighted by Gasteiger charge is 2.18. The van der Waals surface area contributed by atoms with Crippen molar-refractivity contribution in [2.75, 3.05) is 0 Å². The SMILES string of the molecule is CC(Cc1c(O)ccc(Cl)c1F)C(=O)O. The molecule has 0 aromatic heterocycles. The predicted octanol–water partition coefficient (Wildman–Crippen LogP) is 2.45. The smallest absolute Gasteiger partial charge is 0.306 e. The average molecular weight is 233 g/mol. The highest BCUT2D eigenvalue weighted by atomic mass is 35.5. The molecule has 1 aromatic rings. The first kappa shape index (κ1) is 11.8. The molecule has 1 atom stereocenters. The molecule has 15 heavy (non-hydrogen) atoms. The predicted molar refractivity (Wildman–Crippen MR) is 53.6 cm³/mol. The maximum absolute atomic E-state index is 13.4. The van der Waals surface area contributed by atoms with Crippen LogP contribution in [0.3, 0.4) is 0 Å². The molecule has 0 spiro atoms. The Morgan fingerprint density at radius 2 is 2.20 bits per heavy atom. The van der Waals surface area contributed by atoms with Crippen LogP contribution in [0.5, 0.6) is 5.75 Å². The number of carboxylic acids is 1. The molecule has 82 valence electrons. The first-order valence-corrected chi connectivity index (χ1v) is 4.70. The summed E-state index contributed by atoms with van der Waals surface area (Å²) in [5.74, 6) is -2.85. The molecule has 2 N–H and O–H groups in total. The second-order valence-electron chi connectivity index (χ2n) is 3.30. The molecule has 5 heteroatoms. The quantitative estimate of drug-likeness (QED) is 0.842. The Morgan fingerprint density at radius 3 is 2.73 bits per heavy atom. The zero-order valence-electron chi connectivity index (χ0n) is 8.00. The van der Waals surface area contributed by atoms with E-state index in [9.17, 15) is 14.3 Å². The molecule has 0 amide bonds. The van der Waals surface area contributed by atoms with Gasteiger partial charge in [0.2, 0.25) is 0 Å². The zero-order chi connectivity index (χ0) is 11.6. The van der Waals surface area contributed by atoms with Crippen LogP contribution in [-0.2, 0) is 11.2 Å². The van der Waals surface area contributed by atoms with Gasteiger partial charge in [-0.1, -0.05) is 18.5 Å². The lowest BCUT2D eigenvalue weighted by molar-refractivity contribution is -0.141. The Balaban J connectivity index is 3.03. The average Bonchev–Trinajstić information content (AvgIpc) is 2.18. The second kappa shape index (κ2) is 4.49. The topological polar surface area (TPSA) is 57.5 Å².